The number of ether oxygens (including phenoxy) is 2. The largest absolute Gasteiger partial charge is 0.459 e. The molecule has 1 fully saturated rings. The van der Waals surface area contributed by atoms with Gasteiger partial charge in [0.25, 0.3) is 0 Å². The van der Waals surface area contributed by atoms with Gasteiger partial charge in [0.1, 0.15) is 6.61 Å². The van der Waals surface area contributed by atoms with Crippen LogP contribution in [-0.4, -0.2) is 31.1 Å². The van der Waals surface area contributed by atoms with Crippen molar-refractivity contribution in [2.24, 2.45) is 0 Å². The number of carbonyl (C=O) groups excluding carboxylic acids is 2. The molecule has 1 aromatic rings. The van der Waals surface area contributed by atoms with E-state index in [0.29, 0.717) is 29.2 Å². The van der Waals surface area contributed by atoms with Crippen LogP contribution in [0, 0.1) is 0 Å². The minimum absolute atomic E-state index is 0.0403. The Bertz CT molecular complexity index is 850. The molecule has 148 valence electrons. The Kier molecular flexibility index (Phi) is 5.56. The standard InChI is InChI=1S/C22H24ClNO4/c1-13-19(22(26)28-12-16-4-3-11-27-16)20(14-7-9-15(23)10-8-14)21-17(24-13)5-2-6-18(21)25/h7-10,16,20,24H,2-6,11-12H2,1H3/t16-,20+/m1/s1. The number of esters is 1. The summed E-state index contributed by atoms with van der Waals surface area (Å²) >= 11 is 6.06. The van der Waals surface area contributed by atoms with Crippen molar-refractivity contribution in [3.63, 3.8) is 0 Å². The predicted molar refractivity (Wildman–Crippen MR) is 106 cm³/mol. The van der Waals surface area contributed by atoms with Gasteiger partial charge in [-0.25, -0.2) is 4.79 Å². The number of dihydropyridines is 1. The number of rotatable bonds is 4. The van der Waals surface area contributed by atoms with Crippen LogP contribution in [0.5, 0.6) is 0 Å². The number of allylic oxidation sites excluding steroid dienone is 3. The lowest BCUT2D eigenvalue weighted by molar-refractivity contribution is -0.142. The lowest BCUT2D eigenvalue weighted by atomic mass is 9.75. The van der Waals surface area contributed by atoms with Gasteiger partial charge >= 0.3 is 5.97 Å². The second kappa shape index (κ2) is 8.10. The van der Waals surface area contributed by atoms with Gasteiger partial charge in [-0.05, 0) is 50.3 Å². The molecular formula is C22H24ClNO4. The third kappa shape index (κ3) is 3.74. The maximum Gasteiger partial charge on any atom is 0.336 e. The molecule has 1 aliphatic carbocycles. The van der Waals surface area contributed by atoms with E-state index >= 15 is 0 Å². The zero-order valence-electron chi connectivity index (χ0n) is 15.9. The summed E-state index contributed by atoms with van der Waals surface area (Å²) < 4.78 is 11.2. The monoisotopic (exact) mass is 401 g/mol. The molecule has 0 spiro atoms. The highest BCUT2D eigenvalue weighted by Crippen LogP contribution is 2.42. The molecular weight excluding hydrogens is 378 g/mol. The second-order valence-corrected chi connectivity index (χ2v) is 7.99. The third-order valence-corrected chi connectivity index (χ3v) is 5.88. The first-order valence-electron chi connectivity index (χ1n) is 9.83. The van der Waals surface area contributed by atoms with Gasteiger partial charge in [-0.3, -0.25) is 4.79 Å². The maximum atomic E-state index is 13.1. The van der Waals surface area contributed by atoms with Crippen LogP contribution in [-0.2, 0) is 19.1 Å². The zero-order chi connectivity index (χ0) is 19.7. The number of ketones is 1. The molecule has 0 amide bonds. The van der Waals surface area contributed by atoms with Gasteiger partial charge < -0.3 is 14.8 Å². The average molecular weight is 402 g/mol. The van der Waals surface area contributed by atoms with Gasteiger partial charge in [0.2, 0.25) is 0 Å². The molecule has 3 aliphatic rings. The first-order chi connectivity index (χ1) is 13.5. The molecule has 2 atom stereocenters. The van der Waals surface area contributed by atoms with Crippen LogP contribution in [0.4, 0.5) is 0 Å². The van der Waals surface area contributed by atoms with Crippen molar-refractivity contribution in [3.05, 3.63) is 57.4 Å². The molecule has 2 aliphatic heterocycles. The Morgan fingerprint density at radius 2 is 2.04 bits per heavy atom. The van der Waals surface area contributed by atoms with E-state index in [1.165, 1.54) is 0 Å². The van der Waals surface area contributed by atoms with E-state index in [1.807, 2.05) is 19.1 Å². The smallest absolute Gasteiger partial charge is 0.336 e. The lowest BCUT2D eigenvalue weighted by Crippen LogP contribution is -2.35. The second-order valence-electron chi connectivity index (χ2n) is 7.55. The fourth-order valence-corrected chi connectivity index (χ4v) is 4.39. The van der Waals surface area contributed by atoms with Gasteiger partial charge in [-0.2, -0.15) is 0 Å². The number of hydrogen-bond donors (Lipinski definition) is 1. The summed E-state index contributed by atoms with van der Waals surface area (Å²) in [5, 5.41) is 3.91. The highest BCUT2D eigenvalue weighted by atomic mass is 35.5. The van der Waals surface area contributed by atoms with Crippen LogP contribution < -0.4 is 5.32 Å². The summed E-state index contributed by atoms with van der Waals surface area (Å²) in [7, 11) is 0. The van der Waals surface area contributed by atoms with Crippen molar-refractivity contribution in [2.75, 3.05) is 13.2 Å². The Morgan fingerprint density at radius 1 is 1.25 bits per heavy atom. The van der Waals surface area contributed by atoms with Crippen LogP contribution in [0.3, 0.4) is 0 Å². The van der Waals surface area contributed by atoms with Crippen LogP contribution in [0.15, 0.2) is 46.8 Å². The van der Waals surface area contributed by atoms with Crippen molar-refractivity contribution in [1.29, 1.82) is 0 Å². The van der Waals surface area contributed by atoms with Crippen molar-refractivity contribution in [1.82, 2.24) is 5.32 Å². The SMILES string of the molecule is CC1=C(C(=O)OC[C@H]2CCCO2)[C@H](c2ccc(Cl)cc2)C2=C(CCCC2=O)N1. The Balaban J connectivity index is 1.68. The van der Waals surface area contributed by atoms with Crippen LogP contribution in [0.25, 0.3) is 0 Å². The highest BCUT2D eigenvalue weighted by molar-refractivity contribution is 6.30. The summed E-state index contributed by atoms with van der Waals surface area (Å²) in [5.74, 6) is -0.741. The van der Waals surface area contributed by atoms with E-state index in [9.17, 15) is 9.59 Å². The van der Waals surface area contributed by atoms with E-state index in [2.05, 4.69) is 5.32 Å². The van der Waals surface area contributed by atoms with Gasteiger partial charge in [-0.15, -0.1) is 0 Å². The molecule has 0 radical (unpaired) electrons. The van der Waals surface area contributed by atoms with E-state index in [4.69, 9.17) is 21.1 Å². The number of carbonyl (C=O) groups is 2. The number of benzene rings is 1. The normalized spacial score (nSPS) is 24.9. The van der Waals surface area contributed by atoms with E-state index in [0.717, 1.165) is 42.6 Å². The molecule has 5 nitrogen and oxygen atoms in total. The molecule has 0 saturated carbocycles. The fraction of sp³-hybridized carbons (Fsp3) is 0.455. The number of nitrogens with one attached hydrogen (secondary N) is 1. The molecule has 0 unspecified atom stereocenters. The Morgan fingerprint density at radius 3 is 2.75 bits per heavy atom. The topological polar surface area (TPSA) is 64.6 Å². The fourth-order valence-electron chi connectivity index (χ4n) is 4.26. The van der Waals surface area contributed by atoms with Crippen molar-refractivity contribution in [2.45, 2.75) is 51.0 Å². The first kappa shape index (κ1) is 19.2. The van der Waals surface area contributed by atoms with Gasteiger partial charge in [-0.1, -0.05) is 23.7 Å². The summed E-state index contributed by atoms with van der Waals surface area (Å²) in [6.45, 7) is 2.82. The Hall–Kier alpha value is -2.11. The molecule has 6 heteroatoms. The maximum absolute atomic E-state index is 13.1. The minimum atomic E-state index is -0.432. The molecule has 28 heavy (non-hydrogen) atoms. The minimum Gasteiger partial charge on any atom is -0.459 e. The molecule has 0 bridgehead atoms. The first-order valence-corrected chi connectivity index (χ1v) is 10.2. The lowest BCUT2D eigenvalue weighted by Gasteiger charge is -2.34. The summed E-state index contributed by atoms with van der Waals surface area (Å²) in [6.07, 6.45) is 3.98. The third-order valence-electron chi connectivity index (χ3n) is 5.62. The van der Waals surface area contributed by atoms with Gasteiger partial charge in [0, 0.05) is 40.9 Å². The zero-order valence-corrected chi connectivity index (χ0v) is 16.7. The molecule has 4 rings (SSSR count). The molecule has 0 aromatic heterocycles. The van der Waals surface area contributed by atoms with Crippen LogP contribution >= 0.6 is 11.6 Å². The molecule has 1 aromatic carbocycles. The van der Waals surface area contributed by atoms with Crippen LogP contribution in [0.1, 0.15) is 50.5 Å². The van der Waals surface area contributed by atoms with E-state index in [-0.39, 0.29) is 18.5 Å². The van der Waals surface area contributed by atoms with E-state index < -0.39 is 11.9 Å². The van der Waals surface area contributed by atoms with Crippen molar-refractivity contribution in [3.8, 4) is 0 Å². The number of halogens is 1. The van der Waals surface area contributed by atoms with Crippen LogP contribution in [0.2, 0.25) is 5.02 Å². The predicted octanol–water partition coefficient (Wildman–Crippen LogP) is 4.03. The molecule has 2 heterocycles. The van der Waals surface area contributed by atoms with E-state index in [1.54, 1.807) is 12.1 Å². The van der Waals surface area contributed by atoms with Crippen molar-refractivity contribution < 1.29 is 19.1 Å². The number of Topliss-reactive ketones (excluding diaryl/α,β-unsaturated/α-hetero) is 1. The quantitative estimate of drug-likeness (QED) is 0.771. The highest BCUT2D eigenvalue weighted by Gasteiger charge is 2.39. The summed E-state index contributed by atoms with van der Waals surface area (Å²) in [5.41, 5.74) is 3.71. The van der Waals surface area contributed by atoms with Crippen molar-refractivity contribution >= 4 is 23.4 Å². The molecule has 1 saturated heterocycles. The molecule has 1 N–H and O–H groups in total. The average Bonchev–Trinajstić information content (AvgIpc) is 3.19. The summed E-state index contributed by atoms with van der Waals surface area (Å²) in [6, 6.07) is 7.34. The Labute approximate surface area is 169 Å². The van der Waals surface area contributed by atoms with Gasteiger partial charge in [0.05, 0.1) is 11.7 Å². The van der Waals surface area contributed by atoms with Gasteiger partial charge in [0.15, 0.2) is 5.78 Å². The summed E-state index contributed by atoms with van der Waals surface area (Å²) in [4.78, 5) is 25.9. The number of hydrogen-bond acceptors (Lipinski definition) is 5.